The van der Waals surface area contributed by atoms with Crippen molar-refractivity contribution in [2.75, 3.05) is 6.61 Å². The van der Waals surface area contributed by atoms with Gasteiger partial charge in [-0.25, -0.2) is 0 Å². The zero-order chi connectivity index (χ0) is 10.6. The molecule has 0 radical (unpaired) electrons. The van der Waals surface area contributed by atoms with E-state index in [1.54, 1.807) is 6.20 Å². The quantitative estimate of drug-likeness (QED) is 0.731. The minimum atomic E-state index is 0.0455. The van der Waals surface area contributed by atoms with Gasteiger partial charge in [0.05, 0.1) is 0 Å². The summed E-state index contributed by atoms with van der Waals surface area (Å²) in [6.07, 6.45) is 2.48. The molecule has 0 amide bonds. The van der Waals surface area contributed by atoms with Crippen molar-refractivity contribution in [3.05, 3.63) is 18.0 Å². The van der Waals surface area contributed by atoms with E-state index in [1.165, 1.54) is 0 Å². The smallest absolute Gasteiger partial charge is 0.0492 e. The molecule has 0 saturated carbocycles. The molecule has 4 heteroatoms. The van der Waals surface area contributed by atoms with Crippen LogP contribution in [0.1, 0.15) is 31.9 Å². The summed E-state index contributed by atoms with van der Waals surface area (Å²) in [5, 5.41) is 13.2. The van der Waals surface area contributed by atoms with Crippen LogP contribution in [-0.2, 0) is 6.54 Å². The van der Waals surface area contributed by atoms with Crippen LogP contribution in [0, 0.1) is 0 Å². The highest BCUT2D eigenvalue weighted by Gasteiger charge is 2.18. The van der Waals surface area contributed by atoms with E-state index in [0.29, 0.717) is 6.42 Å². The molecule has 1 heterocycles. The molecular formula is C10H19N3O. The predicted molar refractivity (Wildman–Crippen MR) is 56.0 cm³/mol. The highest BCUT2D eigenvalue weighted by atomic mass is 16.3. The lowest BCUT2D eigenvalue weighted by Crippen LogP contribution is -2.27. The van der Waals surface area contributed by atoms with Gasteiger partial charge in [0.25, 0.3) is 0 Å². The standard InChI is InChI=1S/C10H19N3O/c1-3-13-10(4-6-12-13)9(5-7-14)8(2)11/h4,6,8-9,14H,3,5,7,11H2,1-2H3. The monoisotopic (exact) mass is 197 g/mol. The second kappa shape index (κ2) is 5.12. The molecule has 0 aliphatic rings. The molecule has 2 atom stereocenters. The summed E-state index contributed by atoms with van der Waals surface area (Å²) >= 11 is 0. The second-order valence-electron chi connectivity index (χ2n) is 3.55. The number of nitrogens with two attached hydrogens (primary N) is 1. The fraction of sp³-hybridized carbons (Fsp3) is 0.700. The fourth-order valence-corrected chi connectivity index (χ4v) is 1.74. The molecular weight excluding hydrogens is 178 g/mol. The number of aliphatic hydroxyl groups excluding tert-OH is 1. The third kappa shape index (κ3) is 2.33. The van der Waals surface area contributed by atoms with Gasteiger partial charge in [-0.05, 0) is 26.3 Å². The molecule has 0 fully saturated rings. The summed E-state index contributed by atoms with van der Waals surface area (Å²) in [5.74, 6) is 0.197. The predicted octanol–water partition coefficient (Wildman–Crippen LogP) is 0.716. The van der Waals surface area contributed by atoms with Crippen molar-refractivity contribution in [3.8, 4) is 0 Å². The maximum atomic E-state index is 8.96. The lowest BCUT2D eigenvalue weighted by atomic mass is 9.94. The average molecular weight is 197 g/mol. The number of nitrogens with zero attached hydrogens (tertiary/aromatic N) is 2. The van der Waals surface area contributed by atoms with E-state index >= 15 is 0 Å². The first-order valence-corrected chi connectivity index (χ1v) is 5.08. The molecule has 0 aliphatic carbocycles. The van der Waals surface area contributed by atoms with E-state index in [1.807, 2.05) is 24.6 Å². The van der Waals surface area contributed by atoms with E-state index < -0.39 is 0 Å². The van der Waals surface area contributed by atoms with E-state index in [9.17, 15) is 0 Å². The van der Waals surface area contributed by atoms with Gasteiger partial charge in [-0.2, -0.15) is 5.10 Å². The van der Waals surface area contributed by atoms with Crippen LogP contribution >= 0.6 is 0 Å². The van der Waals surface area contributed by atoms with Gasteiger partial charge in [-0.3, -0.25) is 4.68 Å². The van der Waals surface area contributed by atoms with Crippen molar-refractivity contribution in [2.24, 2.45) is 5.73 Å². The van der Waals surface area contributed by atoms with Gasteiger partial charge in [0.1, 0.15) is 0 Å². The van der Waals surface area contributed by atoms with E-state index in [0.717, 1.165) is 12.2 Å². The SMILES string of the molecule is CCn1nccc1C(CCO)C(C)N. The topological polar surface area (TPSA) is 64.1 Å². The summed E-state index contributed by atoms with van der Waals surface area (Å²) in [5.41, 5.74) is 7.01. The highest BCUT2D eigenvalue weighted by Crippen LogP contribution is 2.21. The van der Waals surface area contributed by atoms with Crippen molar-refractivity contribution >= 4 is 0 Å². The summed E-state index contributed by atoms with van der Waals surface area (Å²) in [6, 6.07) is 2.02. The summed E-state index contributed by atoms with van der Waals surface area (Å²) in [6.45, 7) is 5.03. The van der Waals surface area contributed by atoms with Crippen LogP contribution in [0.15, 0.2) is 12.3 Å². The second-order valence-corrected chi connectivity index (χ2v) is 3.55. The first kappa shape index (κ1) is 11.2. The van der Waals surface area contributed by atoms with Gasteiger partial charge in [-0.15, -0.1) is 0 Å². The van der Waals surface area contributed by atoms with Crippen molar-refractivity contribution < 1.29 is 5.11 Å². The largest absolute Gasteiger partial charge is 0.396 e. The Morgan fingerprint density at radius 3 is 2.86 bits per heavy atom. The minimum absolute atomic E-state index is 0.0455. The Morgan fingerprint density at radius 1 is 1.64 bits per heavy atom. The summed E-state index contributed by atoms with van der Waals surface area (Å²) in [7, 11) is 0. The van der Waals surface area contributed by atoms with Gasteiger partial charge in [0.2, 0.25) is 0 Å². The fourth-order valence-electron chi connectivity index (χ4n) is 1.74. The van der Waals surface area contributed by atoms with Gasteiger partial charge in [-0.1, -0.05) is 0 Å². The molecule has 14 heavy (non-hydrogen) atoms. The van der Waals surface area contributed by atoms with Crippen molar-refractivity contribution in [3.63, 3.8) is 0 Å². The number of rotatable bonds is 5. The van der Waals surface area contributed by atoms with E-state index in [4.69, 9.17) is 10.8 Å². The molecule has 4 nitrogen and oxygen atoms in total. The molecule has 0 spiro atoms. The van der Waals surface area contributed by atoms with Gasteiger partial charge in [0, 0.05) is 37.0 Å². The van der Waals surface area contributed by atoms with Crippen LogP contribution in [0.25, 0.3) is 0 Å². The molecule has 1 rings (SSSR count). The Labute approximate surface area is 84.7 Å². The molecule has 2 unspecified atom stereocenters. The normalized spacial score (nSPS) is 15.4. The molecule has 1 aromatic rings. The summed E-state index contributed by atoms with van der Waals surface area (Å²) < 4.78 is 1.93. The van der Waals surface area contributed by atoms with Gasteiger partial charge in [0.15, 0.2) is 0 Å². The molecule has 0 saturated heterocycles. The van der Waals surface area contributed by atoms with Crippen LogP contribution in [0.4, 0.5) is 0 Å². The van der Waals surface area contributed by atoms with Gasteiger partial charge < -0.3 is 10.8 Å². The van der Waals surface area contributed by atoms with E-state index in [2.05, 4.69) is 5.10 Å². The van der Waals surface area contributed by atoms with E-state index in [-0.39, 0.29) is 18.6 Å². The maximum Gasteiger partial charge on any atom is 0.0492 e. The van der Waals surface area contributed by atoms with Crippen molar-refractivity contribution in [1.29, 1.82) is 0 Å². The molecule has 1 aromatic heterocycles. The Balaban J connectivity index is 2.86. The maximum absolute atomic E-state index is 8.96. The van der Waals surface area contributed by atoms with Crippen LogP contribution in [-0.4, -0.2) is 27.5 Å². The third-order valence-corrected chi connectivity index (χ3v) is 2.50. The third-order valence-electron chi connectivity index (χ3n) is 2.50. The number of aliphatic hydroxyl groups is 1. The first-order valence-electron chi connectivity index (χ1n) is 5.08. The molecule has 0 bridgehead atoms. The van der Waals surface area contributed by atoms with Crippen molar-refractivity contribution in [1.82, 2.24) is 9.78 Å². The van der Waals surface area contributed by atoms with Crippen molar-refractivity contribution in [2.45, 2.75) is 38.8 Å². The molecule has 0 aliphatic heterocycles. The minimum Gasteiger partial charge on any atom is -0.396 e. The molecule has 80 valence electrons. The van der Waals surface area contributed by atoms with Gasteiger partial charge >= 0.3 is 0 Å². The Bertz CT molecular complexity index is 270. The first-order chi connectivity index (χ1) is 6.70. The van der Waals surface area contributed by atoms with Crippen LogP contribution in [0.3, 0.4) is 0 Å². The zero-order valence-electron chi connectivity index (χ0n) is 8.85. The number of aromatic nitrogens is 2. The molecule has 0 aromatic carbocycles. The lowest BCUT2D eigenvalue weighted by molar-refractivity contribution is 0.265. The Morgan fingerprint density at radius 2 is 2.36 bits per heavy atom. The lowest BCUT2D eigenvalue weighted by Gasteiger charge is -2.20. The highest BCUT2D eigenvalue weighted by molar-refractivity contribution is 5.10. The van der Waals surface area contributed by atoms with Crippen LogP contribution in [0.2, 0.25) is 0 Å². The zero-order valence-corrected chi connectivity index (χ0v) is 8.85. The number of hydrogen-bond donors (Lipinski definition) is 2. The number of hydrogen-bond acceptors (Lipinski definition) is 3. The summed E-state index contributed by atoms with van der Waals surface area (Å²) in [4.78, 5) is 0. The van der Waals surface area contributed by atoms with Crippen LogP contribution in [0.5, 0.6) is 0 Å². The van der Waals surface area contributed by atoms with Crippen LogP contribution < -0.4 is 5.73 Å². The average Bonchev–Trinajstić information content (AvgIpc) is 2.61. The molecule has 3 N–H and O–H groups in total. The number of aryl methyl sites for hydroxylation is 1. The Kier molecular flexibility index (Phi) is 4.10. The Hall–Kier alpha value is -0.870.